The molecule has 0 aromatic heterocycles. The molecule has 1 saturated heterocycles. The van der Waals surface area contributed by atoms with Crippen molar-refractivity contribution in [2.45, 2.75) is 32.0 Å². The molecule has 0 N–H and O–H groups in total. The van der Waals surface area contributed by atoms with Crippen molar-refractivity contribution in [3.63, 3.8) is 0 Å². The molecule has 1 aliphatic heterocycles. The molecule has 1 unspecified atom stereocenters. The summed E-state index contributed by atoms with van der Waals surface area (Å²) in [5.41, 5.74) is 0. The lowest BCUT2D eigenvalue weighted by atomic mass is 10.2. The minimum Gasteiger partial charge on any atom is -0.353 e. The van der Waals surface area contributed by atoms with E-state index in [1.165, 1.54) is 18.2 Å². The zero-order valence-corrected chi connectivity index (χ0v) is 10.6. The number of likely N-dealkylation sites (N-methyl/N-ethyl adjacent to an activating group) is 1. The molecule has 0 aromatic rings. The molecule has 5 heteroatoms. The molecule has 0 saturated carbocycles. The summed E-state index contributed by atoms with van der Waals surface area (Å²) in [7, 11) is 3.02. The minimum absolute atomic E-state index is 0.0606. The maximum absolute atomic E-state index is 11.3. The number of amides is 1. The van der Waals surface area contributed by atoms with Gasteiger partial charge in [-0.15, -0.1) is 0 Å². The van der Waals surface area contributed by atoms with Crippen LogP contribution < -0.4 is 0 Å². The number of rotatable bonds is 6. The zero-order valence-electron chi connectivity index (χ0n) is 10.6. The normalized spacial score (nSPS) is 20.7. The molecule has 1 amide bonds. The lowest BCUT2D eigenvalue weighted by molar-refractivity contribution is -0.162. The second-order valence-corrected chi connectivity index (χ2v) is 3.88. The summed E-state index contributed by atoms with van der Waals surface area (Å²) in [4.78, 5) is 16.0. The average Bonchev–Trinajstić information content (AvgIpc) is 2.38. The summed E-state index contributed by atoms with van der Waals surface area (Å²) in [6.45, 7) is 1.36. The molecule has 5 nitrogen and oxygen atoms in total. The fraction of sp³-hybridized carbons (Fsp3) is 0.750. The number of nitrogens with zero attached hydrogens (tertiary/aromatic N) is 1. The molecule has 1 heterocycles. The van der Waals surface area contributed by atoms with E-state index in [1.54, 1.807) is 13.1 Å². The summed E-state index contributed by atoms with van der Waals surface area (Å²) in [6.07, 6.45) is 7.15. The monoisotopic (exact) mass is 243 g/mol. The van der Waals surface area contributed by atoms with Gasteiger partial charge in [0.2, 0.25) is 0 Å². The summed E-state index contributed by atoms with van der Waals surface area (Å²) in [5.74, 6) is -0.179. The summed E-state index contributed by atoms with van der Waals surface area (Å²) in [6, 6.07) is 0. The van der Waals surface area contributed by atoms with Gasteiger partial charge in [-0.05, 0) is 25.7 Å². The van der Waals surface area contributed by atoms with E-state index >= 15 is 0 Å². The molecule has 0 radical (unpaired) electrons. The first-order valence-electron chi connectivity index (χ1n) is 5.95. The Hall–Kier alpha value is -0.910. The molecular weight excluding hydrogens is 222 g/mol. The molecule has 0 aliphatic carbocycles. The van der Waals surface area contributed by atoms with Crippen LogP contribution in [0.5, 0.6) is 0 Å². The molecule has 1 fully saturated rings. The van der Waals surface area contributed by atoms with Crippen LogP contribution in [0, 0.1) is 0 Å². The Morgan fingerprint density at radius 2 is 2.35 bits per heavy atom. The minimum atomic E-state index is -0.179. The first kappa shape index (κ1) is 14.2. The van der Waals surface area contributed by atoms with Crippen molar-refractivity contribution < 1.29 is 19.1 Å². The number of carbonyl (C=O) groups is 1. The van der Waals surface area contributed by atoms with E-state index in [4.69, 9.17) is 14.3 Å². The molecule has 1 rings (SSSR count). The van der Waals surface area contributed by atoms with E-state index in [2.05, 4.69) is 0 Å². The Bertz CT molecular complexity index is 249. The summed E-state index contributed by atoms with van der Waals surface area (Å²) in [5, 5.41) is 1.17. The lowest BCUT2D eigenvalue weighted by Crippen LogP contribution is -2.23. The van der Waals surface area contributed by atoms with Crippen LogP contribution in [0.3, 0.4) is 0 Å². The fourth-order valence-electron chi connectivity index (χ4n) is 1.49. The summed E-state index contributed by atoms with van der Waals surface area (Å²) >= 11 is 0. The molecule has 1 aliphatic rings. The van der Waals surface area contributed by atoms with E-state index in [0.29, 0.717) is 13.0 Å². The quantitative estimate of drug-likeness (QED) is 0.403. The second-order valence-electron chi connectivity index (χ2n) is 3.88. The van der Waals surface area contributed by atoms with Crippen molar-refractivity contribution in [2.75, 3.05) is 27.4 Å². The van der Waals surface area contributed by atoms with Crippen molar-refractivity contribution in [2.24, 2.45) is 0 Å². The smallest absolute Gasteiger partial charge is 0.269 e. The van der Waals surface area contributed by atoms with Crippen molar-refractivity contribution in [3.8, 4) is 0 Å². The van der Waals surface area contributed by atoms with Gasteiger partial charge in [0.25, 0.3) is 5.91 Å². The Balaban J connectivity index is 2.06. The van der Waals surface area contributed by atoms with Gasteiger partial charge in [0.05, 0.1) is 13.7 Å². The predicted molar refractivity (Wildman–Crippen MR) is 63.1 cm³/mol. The fourth-order valence-corrected chi connectivity index (χ4v) is 1.49. The van der Waals surface area contributed by atoms with Crippen LogP contribution in [0.1, 0.15) is 25.7 Å². The molecule has 0 spiro atoms. The molecule has 0 aromatic carbocycles. The molecule has 98 valence electrons. The van der Waals surface area contributed by atoms with E-state index in [-0.39, 0.29) is 12.2 Å². The Labute approximate surface area is 102 Å². The van der Waals surface area contributed by atoms with E-state index in [9.17, 15) is 4.79 Å². The van der Waals surface area contributed by atoms with Gasteiger partial charge in [-0.3, -0.25) is 9.63 Å². The number of hydrogen-bond acceptors (Lipinski definition) is 4. The maximum Gasteiger partial charge on any atom is 0.269 e. The third-order valence-electron chi connectivity index (χ3n) is 2.57. The van der Waals surface area contributed by atoms with Gasteiger partial charge < -0.3 is 9.47 Å². The van der Waals surface area contributed by atoms with Crippen LogP contribution in [0.4, 0.5) is 0 Å². The second kappa shape index (κ2) is 8.22. The first-order chi connectivity index (χ1) is 8.24. The van der Waals surface area contributed by atoms with Crippen molar-refractivity contribution in [1.82, 2.24) is 5.06 Å². The number of hydroxylamine groups is 2. The molecular formula is C12H21NO4. The highest BCUT2D eigenvalue weighted by atomic mass is 16.7. The van der Waals surface area contributed by atoms with Gasteiger partial charge >= 0.3 is 0 Å². The highest BCUT2D eigenvalue weighted by molar-refractivity contribution is 5.86. The number of carbonyl (C=O) groups excluding carboxylic acids is 1. The third kappa shape index (κ3) is 5.81. The van der Waals surface area contributed by atoms with Crippen molar-refractivity contribution in [3.05, 3.63) is 12.2 Å². The van der Waals surface area contributed by atoms with Crippen LogP contribution in [0.2, 0.25) is 0 Å². The van der Waals surface area contributed by atoms with Gasteiger partial charge in [-0.25, -0.2) is 5.06 Å². The van der Waals surface area contributed by atoms with Crippen LogP contribution in [0.15, 0.2) is 12.2 Å². The predicted octanol–water partition coefficient (Wildman–Crippen LogP) is 1.50. The zero-order chi connectivity index (χ0) is 12.5. The van der Waals surface area contributed by atoms with E-state index in [1.807, 2.05) is 0 Å². The highest BCUT2D eigenvalue weighted by Crippen LogP contribution is 2.13. The Kier molecular flexibility index (Phi) is 6.84. The molecule has 17 heavy (non-hydrogen) atoms. The average molecular weight is 243 g/mol. The number of hydrogen-bond donors (Lipinski definition) is 0. The van der Waals surface area contributed by atoms with Gasteiger partial charge in [-0.1, -0.05) is 6.08 Å². The highest BCUT2D eigenvalue weighted by Gasteiger charge is 2.12. The van der Waals surface area contributed by atoms with Gasteiger partial charge in [0, 0.05) is 19.7 Å². The molecule has 0 bridgehead atoms. The van der Waals surface area contributed by atoms with Gasteiger partial charge in [0.1, 0.15) is 0 Å². The van der Waals surface area contributed by atoms with E-state index < -0.39 is 0 Å². The first-order valence-corrected chi connectivity index (χ1v) is 5.95. The van der Waals surface area contributed by atoms with Crippen LogP contribution in [-0.2, 0) is 19.1 Å². The largest absolute Gasteiger partial charge is 0.353 e. The van der Waals surface area contributed by atoms with Gasteiger partial charge in [0.15, 0.2) is 6.29 Å². The standard InChI is InChI=1S/C12H21NO4/c1-13(15-2)11(14)7-3-5-9-16-12-8-4-6-10-17-12/h3,7,12H,4-6,8-10H2,1-2H3/b7-3+. The Morgan fingerprint density at radius 3 is 3.00 bits per heavy atom. The van der Waals surface area contributed by atoms with Crippen LogP contribution in [0.25, 0.3) is 0 Å². The SMILES string of the molecule is CON(C)C(=O)/C=C/CCOC1CCCCO1. The summed E-state index contributed by atoms with van der Waals surface area (Å²) < 4.78 is 10.9. The lowest BCUT2D eigenvalue weighted by Gasteiger charge is -2.22. The van der Waals surface area contributed by atoms with Crippen molar-refractivity contribution in [1.29, 1.82) is 0 Å². The van der Waals surface area contributed by atoms with Crippen molar-refractivity contribution >= 4 is 5.91 Å². The number of ether oxygens (including phenoxy) is 2. The van der Waals surface area contributed by atoms with E-state index in [0.717, 1.165) is 25.9 Å². The van der Waals surface area contributed by atoms with Crippen LogP contribution in [-0.4, -0.2) is 44.6 Å². The maximum atomic E-state index is 11.3. The van der Waals surface area contributed by atoms with Crippen LogP contribution >= 0.6 is 0 Å². The molecule has 1 atom stereocenters. The third-order valence-corrected chi connectivity index (χ3v) is 2.57. The van der Waals surface area contributed by atoms with Gasteiger partial charge in [-0.2, -0.15) is 0 Å². The topological polar surface area (TPSA) is 48.0 Å². The Morgan fingerprint density at radius 1 is 1.53 bits per heavy atom.